The Balaban J connectivity index is 1.40. The highest BCUT2D eigenvalue weighted by molar-refractivity contribution is 7.88. The third-order valence-corrected chi connectivity index (χ3v) is 8.10. The molecule has 1 aliphatic carbocycles. The van der Waals surface area contributed by atoms with Gasteiger partial charge in [-0.05, 0) is 43.6 Å². The topological polar surface area (TPSA) is 97.8 Å². The molecule has 2 aliphatic rings. The van der Waals surface area contributed by atoms with Gasteiger partial charge in [0.25, 0.3) is 0 Å². The van der Waals surface area contributed by atoms with E-state index in [2.05, 4.69) is 38.9 Å². The zero-order valence-electron chi connectivity index (χ0n) is 19.0. The number of benzene rings is 1. The van der Waals surface area contributed by atoms with Crippen molar-refractivity contribution in [1.82, 2.24) is 9.71 Å². The third kappa shape index (κ3) is 6.11. The molecule has 180 valence electrons. The average molecular weight is 494 g/mol. The molecule has 1 N–H and O–H groups in total. The summed E-state index contributed by atoms with van der Waals surface area (Å²) in [7, 11) is -2.04. The number of methoxy groups -OCH3 is 1. The van der Waals surface area contributed by atoms with Gasteiger partial charge in [-0.25, -0.2) is 22.9 Å². The number of carbonyl (C=O) groups is 1. The molecular weight excluding hydrogens is 462 g/mol. The molecule has 1 aliphatic heterocycles. The van der Waals surface area contributed by atoms with Gasteiger partial charge in [0.1, 0.15) is 0 Å². The van der Waals surface area contributed by atoms with E-state index in [0.29, 0.717) is 30.6 Å². The molecule has 8 nitrogen and oxygen atoms in total. The van der Waals surface area contributed by atoms with Crippen LogP contribution in [0.4, 0.5) is 5.13 Å². The van der Waals surface area contributed by atoms with Crippen molar-refractivity contribution in [3.8, 4) is 0 Å². The van der Waals surface area contributed by atoms with Crippen LogP contribution in [0.5, 0.6) is 0 Å². The lowest BCUT2D eigenvalue weighted by Crippen LogP contribution is -2.48. The van der Waals surface area contributed by atoms with Gasteiger partial charge < -0.3 is 14.4 Å². The van der Waals surface area contributed by atoms with Gasteiger partial charge in [0.2, 0.25) is 10.0 Å². The first-order chi connectivity index (χ1) is 15.8. The SMILES string of the molecule is COC(=O)c1csc(N2CC[C@H](NS(C)(=O)=O)[C@@H]2CO[C@H]2CC[C@@H](c3ccccc3)CC2)n1. The first-order valence-electron chi connectivity index (χ1n) is 11.3. The molecule has 1 aromatic heterocycles. The highest BCUT2D eigenvalue weighted by atomic mass is 32.2. The Labute approximate surface area is 199 Å². The lowest BCUT2D eigenvalue weighted by Gasteiger charge is -2.32. The number of nitrogens with zero attached hydrogens (tertiary/aromatic N) is 2. The lowest BCUT2D eigenvalue weighted by molar-refractivity contribution is 0.0157. The summed E-state index contributed by atoms with van der Waals surface area (Å²) in [5.74, 6) is 0.0891. The van der Waals surface area contributed by atoms with Crippen LogP contribution in [0.3, 0.4) is 0 Å². The molecule has 0 radical (unpaired) electrons. The van der Waals surface area contributed by atoms with Gasteiger partial charge in [-0.1, -0.05) is 30.3 Å². The van der Waals surface area contributed by atoms with Crippen LogP contribution in [0, 0.1) is 0 Å². The maximum atomic E-state index is 11.9. The molecular formula is C23H31N3O5S2. The van der Waals surface area contributed by atoms with Crippen molar-refractivity contribution in [3.63, 3.8) is 0 Å². The van der Waals surface area contributed by atoms with Crippen LogP contribution in [-0.4, -0.2) is 64.1 Å². The zero-order valence-corrected chi connectivity index (χ0v) is 20.6. The van der Waals surface area contributed by atoms with Crippen LogP contribution < -0.4 is 9.62 Å². The van der Waals surface area contributed by atoms with Crippen molar-refractivity contribution in [2.75, 3.05) is 31.4 Å². The minimum Gasteiger partial charge on any atom is -0.464 e. The van der Waals surface area contributed by atoms with E-state index in [1.807, 2.05) is 6.07 Å². The normalized spacial score (nSPS) is 25.8. The van der Waals surface area contributed by atoms with Gasteiger partial charge in [-0.15, -0.1) is 11.3 Å². The Morgan fingerprint density at radius 1 is 1.18 bits per heavy atom. The summed E-state index contributed by atoms with van der Waals surface area (Å²) in [5.41, 5.74) is 1.65. The molecule has 0 spiro atoms. The third-order valence-electron chi connectivity index (χ3n) is 6.49. The van der Waals surface area contributed by atoms with Crippen molar-refractivity contribution in [1.29, 1.82) is 0 Å². The van der Waals surface area contributed by atoms with Crippen molar-refractivity contribution in [2.24, 2.45) is 0 Å². The summed E-state index contributed by atoms with van der Waals surface area (Å²) in [6, 6.07) is 10.1. The Morgan fingerprint density at radius 3 is 2.58 bits per heavy atom. The van der Waals surface area contributed by atoms with E-state index in [1.165, 1.54) is 30.3 Å². The van der Waals surface area contributed by atoms with Crippen molar-refractivity contribution < 1.29 is 22.7 Å². The van der Waals surface area contributed by atoms with E-state index in [0.717, 1.165) is 25.7 Å². The number of rotatable bonds is 8. The second-order valence-electron chi connectivity index (χ2n) is 8.77. The highest BCUT2D eigenvalue weighted by Crippen LogP contribution is 2.35. The van der Waals surface area contributed by atoms with E-state index in [4.69, 9.17) is 9.47 Å². The number of anilines is 1. The Bertz CT molecular complexity index is 1040. The van der Waals surface area contributed by atoms with Gasteiger partial charge in [-0.2, -0.15) is 0 Å². The van der Waals surface area contributed by atoms with Crippen LogP contribution >= 0.6 is 11.3 Å². The molecule has 1 saturated carbocycles. The van der Waals surface area contributed by atoms with Crippen molar-refractivity contribution >= 4 is 32.5 Å². The van der Waals surface area contributed by atoms with Gasteiger partial charge >= 0.3 is 5.97 Å². The quantitative estimate of drug-likeness (QED) is 0.564. The van der Waals surface area contributed by atoms with Gasteiger partial charge in [0.05, 0.1) is 32.1 Å². The van der Waals surface area contributed by atoms with Crippen LogP contribution in [0.1, 0.15) is 54.1 Å². The minimum absolute atomic E-state index is 0.160. The molecule has 0 unspecified atom stereocenters. The number of carbonyl (C=O) groups excluding carboxylic acids is 1. The largest absolute Gasteiger partial charge is 0.464 e. The van der Waals surface area contributed by atoms with Crippen LogP contribution in [0.15, 0.2) is 35.7 Å². The minimum atomic E-state index is -3.36. The Hall–Kier alpha value is -2.01. The fraction of sp³-hybridized carbons (Fsp3) is 0.565. The maximum absolute atomic E-state index is 11.9. The van der Waals surface area contributed by atoms with Crippen molar-refractivity contribution in [2.45, 2.75) is 56.2 Å². The summed E-state index contributed by atoms with van der Waals surface area (Å²) >= 11 is 1.35. The van der Waals surface area contributed by atoms with E-state index < -0.39 is 16.0 Å². The molecule has 2 aromatic rings. The van der Waals surface area contributed by atoms with E-state index >= 15 is 0 Å². The van der Waals surface area contributed by atoms with Gasteiger partial charge in [0, 0.05) is 18.0 Å². The number of esters is 1. The van der Waals surface area contributed by atoms with E-state index in [9.17, 15) is 13.2 Å². The van der Waals surface area contributed by atoms with E-state index in [1.54, 1.807) is 5.38 Å². The van der Waals surface area contributed by atoms with Gasteiger partial charge in [-0.3, -0.25) is 0 Å². The first kappa shape index (κ1) is 24.1. The molecule has 1 aromatic carbocycles. The number of aromatic nitrogens is 1. The summed E-state index contributed by atoms with van der Waals surface area (Å²) in [4.78, 5) is 18.3. The molecule has 10 heteroatoms. The molecule has 2 atom stereocenters. The number of ether oxygens (including phenoxy) is 2. The lowest BCUT2D eigenvalue weighted by atomic mass is 9.83. The summed E-state index contributed by atoms with van der Waals surface area (Å²) in [6.45, 7) is 1.04. The molecule has 0 amide bonds. The predicted octanol–water partition coefficient (Wildman–Crippen LogP) is 3.17. The summed E-state index contributed by atoms with van der Waals surface area (Å²) in [5, 5.41) is 2.34. The maximum Gasteiger partial charge on any atom is 0.357 e. The van der Waals surface area contributed by atoms with Gasteiger partial charge in [0.15, 0.2) is 10.8 Å². The fourth-order valence-corrected chi connectivity index (χ4v) is 6.53. The van der Waals surface area contributed by atoms with E-state index in [-0.39, 0.29) is 23.9 Å². The average Bonchev–Trinajstić information content (AvgIpc) is 3.44. The predicted molar refractivity (Wildman–Crippen MR) is 128 cm³/mol. The summed E-state index contributed by atoms with van der Waals surface area (Å²) < 4.78 is 37.7. The first-order valence-corrected chi connectivity index (χ1v) is 14.1. The number of hydrogen-bond acceptors (Lipinski definition) is 8. The number of thiazole rings is 1. The Morgan fingerprint density at radius 2 is 1.91 bits per heavy atom. The van der Waals surface area contributed by atoms with Crippen molar-refractivity contribution in [3.05, 3.63) is 47.0 Å². The second kappa shape index (κ2) is 10.5. The molecule has 33 heavy (non-hydrogen) atoms. The second-order valence-corrected chi connectivity index (χ2v) is 11.4. The number of hydrogen-bond donors (Lipinski definition) is 1. The molecule has 4 rings (SSSR count). The molecule has 2 heterocycles. The molecule has 1 saturated heterocycles. The monoisotopic (exact) mass is 493 g/mol. The molecule has 2 fully saturated rings. The zero-order chi connectivity index (χ0) is 23.4. The highest BCUT2D eigenvalue weighted by Gasteiger charge is 2.38. The Kier molecular flexibility index (Phi) is 7.68. The number of nitrogens with one attached hydrogen (secondary N) is 1. The smallest absolute Gasteiger partial charge is 0.357 e. The summed E-state index contributed by atoms with van der Waals surface area (Å²) in [6.07, 6.45) is 6.13. The molecule has 0 bridgehead atoms. The van der Waals surface area contributed by atoms with Crippen LogP contribution in [0.25, 0.3) is 0 Å². The fourth-order valence-electron chi connectivity index (χ4n) is 4.83. The standard InChI is InChI=1S/C23H31N3O5S2/c1-30-22(27)20-15-32-23(24-20)26-13-12-19(25-33(2,28)29)21(26)14-31-18-10-8-17(9-11-18)16-6-4-3-5-7-16/h3-7,15,17-19,21,25H,8-14H2,1-2H3/t17-,18+,19-,21-/m0/s1. The van der Waals surface area contributed by atoms with Crippen LogP contribution in [0.2, 0.25) is 0 Å². The van der Waals surface area contributed by atoms with Crippen LogP contribution in [-0.2, 0) is 19.5 Å². The number of sulfonamides is 1.